The maximum atomic E-state index is 12.2. The maximum Gasteiger partial charge on any atom is 0.158 e. The summed E-state index contributed by atoms with van der Waals surface area (Å²) < 4.78 is 0. The SMILES string of the molecule is CC1(C(=O)Cc2ccccn2)CCCCN1. The molecule has 0 radical (unpaired) electrons. The first kappa shape index (κ1) is 11.3. The summed E-state index contributed by atoms with van der Waals surface area (Å²) in [5.41, 5.74) is 0.525. The van der Waals surface area contributed by atoms with Crippen LogP contribution in [-0.2, 0) is 11.2 Å². The van der Waals surface area contributed by atoms with Gasteiger partial charge in [0.15, 0.2) is 5.78 Å². The van der Waals surface area contributed by atoms with E-state index in [0.29, 0.717) is 6.42 Å². The fourth-order valence-electron chi connectivity index (χ4n) is 2.16. The lowest BCUT2D eigenvalue weighted by Gasteiger charge is -2.33. The Morgan fingerprint density at radius 3 is 3.00 bits per heavy atom. The first-order valence-corrected chi connectivity index (χ1v) is 5.89. The molecule has 1 saturated heterocycles. The smallest absolute Gasteiger partial charge is 0.158 e. The lowest BCUT2D eigenvalue weighted by atomic mass is 9.85. The summed E-state index contributed by atoms with van der Waals surface area (Å²) in [6, 6.07) is 5.70. The zero-order valence-corrected chi connectivity index (χ0v) is 9.70. The number of rotatable bonds is 3. The molecule has 0 spiro atoms. The molecule has 86 valence electrons. The third-order valence-corrected chi connectivity index (χ3v) is 3.30. The number of hydrogen-bond acceptors (Lipinski definition) is 3. The Labute approximate surface area is 96.3 Å². The molecule has 3 heteroatoms. The molecule has 0 aliphatic carbocycles. The van der Waals surface area contributed by atoms with Gasteiger partial charge in [-0.1, -0.05) is 6.07 Å². The van der Waals surface area contributed by atoms with Gasteiger partial charge in [0, 0.05) is 11.9 Å². The standard InChI is InChI=1S/C13H18N2O/c1-13(7-3-5-9-15-13)12(16)10-11-6-2-4-8-14-11/h2,4,6,8,15H,3,5,7,9-10H2,1H3. The zero-order chi connectivity index (χ0) is 11.4. The Kier molecular flexibility index (Phi) is 3.34. The summed E-state index contributed by atoms with van der Waals surface area (Å²) in [6.07, 6.45) is 5.42. The normalized spacial score (nSPS) is 25.3. The fraction of sp³-hybridized carbons (Fsp3) is 0.538. The molecular formula is C13H18N2O. The van der Waals surface area contributed by atoms with E-state index in [9.17, 15) is 4.79 Å². The molecule has 1 N–H and O–H groups in total. The van der Waals surface area contributed by atoms with Gasteiger partial charge in [-0.25, -0.2) is 0 Å². The largest absolute Gasteiger partial charge is 0.305 e. The number of hydrogen-bond donors (Lipinski definition) is 1. The average molecular weight is 218 g/mol. The van der Waals surface area contributed by atoms with Crippen molar-refractivity contribution in [1.29, 1.82) is 0 Å². The number of nitrogens with zero attached hydrogens (tertiary/aromatic N) is 1. The van der Waals surface area contributed by atoms with Crippen molar-refractivity contribution in [2.45, 2.75) is 38.1 Å². The van der Waals surface area contributed by atoms with E-state index >= 15 is 0 Å². The first-order valence-electron chi connectivity index (χ1n) is 5.89. The van der Waals surface area contributed by atoms with E-state index in [1.807, 2.05) is 25.1 Å². The van der Waals surface area contributed by atoms with Crippen molar-refractivity contribution in [3.63, 3.8) is 0 Å². The van der Waals surface area contributed by atoms with Crippen molar-refractivity contribution < 1.29 is 4.79 Å². The molecule has 16 heavy (non-hydrogen) atoms. The highest BCUT2D eigenvalue weighted by Crippen LogP contribution is 2.21. The number of ketones is 1. The lowest BCUT2D eigenvalue weighted by molar-refractivity contribution is -0.125. The Balaban J connectivity index is 2.02. The van der Waals surface area contributed by atoms with Crippen LogP contribution in [0.1, 0.15) is 31.9 Å². The van der Waals surface area contributed by atoms with Crippen LogP contribution in [0.5, 0.6) is 0 Å². The summed E-state index contributed by atoms with van der Waals surface area (Å²) >= 11 is 0. The van der Waals surface area contributed by atoms with Gasteiger partial charge in [0.25, 0.3) is 0 Å². The summed E-state index contributed by atoms with van der Waals surface area (Å²) in [6.45, 7) is 2.96. The number of carbonyl (C=O) groups is 1. The monoisotopic (exact) mass is 218 g/mol. The number of nitrogens with one attached hydrogen (secondary N) is 1. The third-order valence-electron chi connectivity index (χ3n) is 3.30. The summed E-state index contributed by atoms with van der Waals surface area (Å²) in [5, 5.41) is 3.34. The fourth-order valence-corrected chi connectivity index (χ4v) is 2.16. The highest BCUT2D eigenvalue weighted by atomic mass is 16.1. The number of carbonyl (C=O) groups excluding carboxylic acids is 1. The molecule has 3 nitrogen and oxygen atoms in total. The molecule has 2 rings (SSSR count). The summed E-state index contributed by atoms with van der Waals surface area (Å²) in [4.78, 5) is 16.4. The van der Waals surface area contributed by atoms with Crippen LogP contribution in [0.4, 0.5) is 0 Å². The van der Waals surface area contributed by atoms with Gasteiger partial charge in [-0.3, -0.25) is 9.78 Å². The van der Waals surface area contributed by atoms with E-state index in [-0.39, 0.29) is 11.3 Å². The topological polar surface area (TPSA) is 42.0 Å². The van der Waals surface area contributed by atoms with Gasteiger partial charge in [0.2, 0.25) is 0 Å². The number of aromatic nitrogens is 1. The van der Waals surface area contributed by atoms with E-state index < -0.39 is 0 Å². The summed E-state index contributed by atoms with van der Waals surface area (Å²) in [7, 11) is 0. The van der Waals surface area contributed by atoms with Crippen LogP contribution in [0.2, 0.25) is 0 Å². The highest BCUT2D eigenvalue weighted by Gasteiger charge is 2.33. The zero-order valence-electron chi connectivity index (χ0n) is 9.70. The van der Waals surface area contributed by atoms with Crippen molar-refractivity contribution in [1.82, 2.24) is 10.3 Å². The molecule has 0 aromatic carbocycles. The van der Waals surface area contributed by atoms with E-state index in [0.717, 1.165) is 25.1 Å². The minimum absolute atomic E-state index is 0.255. The highest BCUT2D eigenvalue weighted by molar-refractivity contribution is 5.89. The maximum absolute atomic E-state index is 12.2. The van der Waals surface area contributed by atoms with E-state index in [4.69, 9.17) is 0 Å². The molecule has 1 unspecified atom stereocenters. The molecule has 2 heterocycles. The van der Waals surface area contributed by atoms with Crippen molar-refractivity contribution in [3.8, 4) is 0 Å². The minimum atomic E-state index is -0.338. The molecule has 0 saturated carbocycles. The van der Waals surface area contributed by atoms with Crippen LogP contribution in [0.25, 0.3) is 0 Å². The van der Waals surface area contributed by atoms with Crippen molar-refractivity contribution in [3.05, 3.63) is 30.1 Å². The van der Waals surface area contributed by atoms with Gasteiger partial charge >= 0.3 is 0 Å². The van der Waals surface area contributed by atoms with Gasteiger partial charge in [-0.15, -0.1) is 0 Å². The second-order valence-corrected chi connectivity index (χ2v) is 4.64. The van der Waals surface area contributed by atoms with Crippen molar-refractivity contribution in [2.75, 3.05) is 6.54 Å². The average Bonchev–Trinajstić information content (AvgIpc) is 2.31. The molecule has 0 amide bonds. The molecular weight excluding hydrogens is 200 g/mol. The second-order valence-electron chi connectivity index (χ2n) is 4.64. The molecule has 0 bridgehead atoms. The predicted molar refractivity (Wildman–Crippen MR) is 63.2 cm³/mol. The van der Waals surface area contributed by atoms with E-state index in [1.165, 1.54) is 6.42 Å². The number of Topliss-reactive ketones (excluding diaryl/α,β-unsaturated/α-hetero) is 1. The Hall–Kier alpha value is -1.22. The Bertz CT molecular complexity index is 355. The lowest BCUT2D eigenvalue weighted by Crippen LogP contribution is -2.52. The van der Waals surface area contributed by atoms with Crippen LogP contribution >= 0.6 is 0 Å². The van der Waals surface area contributed by atoms with Crippen LogP contribution in [-0.4, -0.2) is 22.9 Å². The number of piperidine rings is 1. The first-order chi connectivity index (χ1) is 7.71. The van der Waals surface area contributed by atoms with Crippen LogP contribution in [0.15, 0.2) is 24.4 Å². The van der Waals surface area contributed by atoms with Gasteiger partial charge in [-0.2, -0.15) is 0 Å². The van der Waals surface area contributed by atoms with Gasteiger partial charge < -0.3 is 5.32 Å². The molecule has 1 aromatic rings. The molecule has 1 aliphatic rings. The van der Waals surface area contributed by atoms with Crippen molar-refractivity contribution in [2.24, 2.45) is 0 Å². The van der Waals surface area contributed by atoms with Crippen molar-refractivity contribution >= 4 is 5.78 Å². The molecule has 1 atom stereocenters. The van der Waals surface area contributed by atoms with Gasteiger partial charge in [0.1, 0.15) is 0 Å². The van der Waals surface area contributed by atoms with Gasteiger partial charge in [-0.05, 0) is 44.9 Å². The van der Waals surface area contributed by atoms with E-state index in [2.05, 4.69) is 10.3 Å². The summed E-state index contributed by atoms with van der Waals surface area (Å²) in [5.74, 6) is 0.255. The van der Waals surface area contributed by atoms with Crippen LogP contribution in [0.3, 0.4) is 0 Å². The van der Waals surface area contributed by atoms with E-state index in [1.54, 1.807) is 6.20 Å². The molecule has 1 fully saturated rings. The van der Waals surface area contributed by atoms with Crippen LogP contribution in [0, 0.1) is 0 Å². The predicted octanol–water partition coefficient (Wildman–Crippen LogP) is 1.73. The third kappa shape index (κ3) is 2.47. The Morgan fingerprint density at radius 1 is 1.50 bits per heavy atom. The molecule has 1 aliphatic heterocycles. The Morgan fingerprint density at radius 2 is 2.38 bits per heavy atom. The molecule has 1 aromatic heterocycles. The number of pyridine rings is 1. The van der Waals surface area contributed by atoms with Gasteiger partial charge in [0.05, 0.1) is 12.0 Å². The second kappa shape index (κ2) is 4.74. The quantitative estimate of drug-likeness (QED) is 0.840. The minimum Gasteiger partial charge on any atom is -0.305 e. The van der Waals surface area contributed by atoms with Crippen LogP contribution < -0.4 is 5.32 Å².